The Hall–Kier alpha value is -3.51. The van der Waals surface area contributed by atoms with E-state index in [9.17, 15) is 5.26 Å². The van der Waals surface area contributed by atoms with Gasteiger partial charge in [0, 0.05) is 65.3 Å². The number of benzene rings is 1. The lowest BCUT2D eigenvalue weighted by atomic mass is 10.0. The third kappa shape index (κ3) is 5.19. The molecule has 0 unspecified atom stereocenters. The Kier molecular flexibility index (Phi) is 7.14. The second kappa shape index (κ2) is 10.6. The number of likely N-dealkylation sites (tertiary alicyclic amines) is 1. The highest BCUT2D eigenvalue weighted by Crippen LogP contribution is 2.31. The van der Waals surface area contributed by atoms with Crippen LogP contribution in [0.25, 0.3) is 23.1 Å². The number of nitrogens with zero attached hydrogens (tertiary/aromatic N) is 5. The monoisotopic (exact) mass is 497 g/mol. The maximum Gasteiger partial charge on any atom is 0.107 e. The van der Waals surface area contributed by atoms with Gasteiger partial charge in [-0.05, 0) is 69.8 Å². The van der Waals surface area contributed by atoms with Crippen LogP contribution in [0.2, 0.25) is 0 Å². The number of H-pyrrole nitrogens is 1. The van der Waals surface area contributed by atoms with E-state index in [1.54, 1.807) is 23.7 Å². The number of hydrogen-bond donors (Lipinski definition) is 2. The van der Waals surface area contributed by atoms with Crippen LogP contribution in [0.1, 0.15) is 40.2 Å². The molecule has 36 heavy (non-hydrogen) atoms. The van der Waals surface area contributed by atoms with Gasteiger partial charge in [-0.25, -0.2) is 4.98 Å². The molecule has 1 saturated heterocycles. The third-order valence-corrected chi connectivity index (χ3v) is 7.86. The predicted molar refractivity (Wildman–Crippen MR) is 148 cm³/mol. The van der Waals surface area contributed by atoms with Gasteiger partial charge in [-0.2, -0.15) is 5.26 Å². The van der Waals surface area contributed by atoms with E-state index in [1.807, 2.05) is 30.5 Å². The summed E-state index contributed by atoms with van der Waals surface area (Å²) < 4.78 is 0. The fraction of sp³-hybridized carbons (Fsp3) is 0.321. The first-order chi connectivity index (χ1) is 17.5. The molecule has 0 radical (unpaired) electrons. The van der Waals surface area contributed by atoms with E-state index in [0.717, 1.165) is 63.7 Å². The van der Waals surface area contributed by atoms with E-state index >= 15 is 0 Å². The van der Waals surface area contributed by atoms with Gasteiger partial charge in [0.2, 0.25) is 0 Å². The number of pyridine rings is 1. The molecule has 0 saturated carbocycles. The zero-order valence-corrected chi connectivity index (χ0v) is 21.8. The highest BCUT2D eigenvalue weighted by atomic mass is 32.1. The van der Waals surface area contributed by atoms with Gasteiger partial charge in [-0.15, -0.1) is 11.3 Å². The van der Waals surface area contributed by atoms with Crippen LogP contribution in [0.3, 0.4) is 0 Å². The summed E-state index contributed by atoms with van der Waals surface area (Å²) in [6.45, 7) is 5.21. The summed E-state index contributed by atoms with van der Waals surface area (Å²) in [5.74, 6) is 0. The SMILES string of the molecule is Cc1c(Nc2c(C#N)cncc2C=Cc2csc(CN3CCC(N(C)C)CC3)n2)ccc2[nH]ccc12. The molecule has 1 fully saturated rings. The van der Waals surface area contributed by atoms with Crippen LogP contribution >= 0.6 is 11.3 Å². The number of aryl methyl sites for hydroxylation is 1. The average Bonchev–Trinajstić information content (AvgIpc) is 3.55. The van der Waals surface area contributed by atoms with Crippen LogP contribution in [0.15, 0.2) is 42.2 Å². The number of piperidine rings is 1. The molecular formula is C28H31N7S. The van der Waals surface area contributed by atoms with E-state index in [-0.39, 0.29) is 0 Å². The largest absolute Gasteiger partial charge is 0.361 e. The molecule has 184 valence electrons. The van der Waals surface area contributed by atoms with Crippen LogP contribution in [-0.2, 0) is 6.54 Å². The van der Waals surface area contributed by atoms with Crippen molar-refractivity contribution in [1.82, 2.24) is 24.8 Å². The molecule has 0 spiro atoms. The third-order valence-electron chi connectivity index (χ3n) is 7.01. The highest BCUT2D eigenvalue weighted by molar-refractivity contribution is 7.09. The number of aromatic amines is 1. The lowest BCUT2D eigenvalue weighted by molar-refractivity contribution is 0.140. The minimum atomic E-state index is 0.505. The van der Waals surface area contributed by atoms with Crippen molar-refractivity contribution in [2.75, 3.05) is 32.5 Å². The van der Waals surface area contributed by atoms with E-state index < -0.39 is 0 Å². The summed E-state index contributed by atoms with van der Waals surface area (Å²) in [5.41, 5.74) is 6.22. The summed E-state index contributed by atoms with van der Waals surface area (Å²) in [4.78, 5) is 17.2. The molecule has 8 heteroatoms. The minimum absolute atomic E-state index is 0.505. The van der Waals surface area contributed by atoms with Gasteiger partial charge in [-0.1, -0.05) is 0 Å². The van der Waals surface area contributed by atoms with Gasteiger partial charge in [0.1, 0.15) is 11.1 Å². The van der Waals surface area contributed by atoms with Crippen LogP contribution in [0.4, 0.5) is 11.4 Å². The number of nitriles is 1. The normalized spacial score (nSPS) is 15.2. The van der Waals surface area contributed by atoms with E-state index in [2.05, 4.69) is 63.6 Å². The summed E-state index contributed by atoms with van der Waals surface area (Å²) >= 11 is 1.70. The number of hydrogen-bond acceptors (Lipinski definition) is 7. The molecular weight excluding hydrogens is 466 g/mol. The number of anilines is 2. The molecule has 4 aromatic rings. The number of thiazole rings is 1. The Morgan fingerprint density at radius 1 is 1.22 bits per heavy atom. The Morgan fingerprint density at radius 3 is 2.83 bits per heavy atom. The lowest BCUT2D eigenvalue weighted by Gasteiger charge is -2.34. The summed E-state index contributed by atoms with van der Waals surface area (Å²) in [6.07, 6.45) is 11.7. The van der Waals surface area contributed by atoms with Crippen molar-refractivity contribution in [3.63, 3.8) is 0 Å². The highest BCUT2D eigenvalue weighted by Gasteiger charge is 2.21. The van der Waals surface area contributed by atoms with Gasteiger partial charge >= 0.3 is 0 Å². The van der Waals surface area contributed by atoms with E-state index in [1.165, 1.54) is 12.8 Å². The minimum Gasteiger partial charge on any atom is -0.361 e. The molecule has 0 amide bonds. The Bertz CT molecular complexity index is 1420. The molecule has 1 aliphatic heterocycles. The first kappa shape index (κ1) is 24.2. The smallest absolute Gasteiger partial charge is 0.107 e. The summed E-state index contributed by atoms with van der Waals surface area (Å²) in [7, 11) is 4.34. The van der Waals surface area contributed by atoms with E-state index in [4.69, 9.17) is 4.98 Å². The molecule has 1 aromatic carbocycles. The molecule has 2 N–H and O–H groups in total. The first-order valence-corrected chi connectivity index (χ1v) is 13.1. The zero-order chi connectivity index (χ0) is 25.1. The fourth-order valence-electron chi connectivity index (χ4n) is 4.82. The molecule has 0 atom stereocenters. The molecule has 3 aromatic heterocycles. The lowest BCUT2D eigenvalue weighted by Crippen LogP contribution is -2.41. The van der Waals surface area contributed by atoms with Gasteiger partial charge < -0.3 is 15.2 Å². The standard InChI is InChI=1S/C28H31N7S/c1-19-24-8-11-31-26(24)7-6-25(19)33-28-20(15-30-16-21(28)14-29)4-5-22-18-36-27(32-22)17-35-12-9-23(10-13-35)34(2)3/h4-8,11,15-16,18,23,31H,9-10,12-13,17H2,1-3H3,(H,30,33). The van der Waals surface area contributed by atoms with Gasteiger partial charge in [0.05, 0.1) is 23.5 Å². The average molecular weight is 498 g/mol. The van der Waals surface area contributed by atoms with Crippen molar-refractivity contribution in [2.24, 2.45) is 0 Å². The molecule has 1 aliphatic rings. The molecule has 4 heterocycles. The number of nitrogens with one attached hydrogen (secondary N) is 2. The molecule has 5 rings (SSSR count). The van der Waals surface area contributed by atoms with Gasteiger partial charge in [0.25, 0.3) is 0 Å². The summed E-state index contributed by atoms with van der Waals surface area (Å²) in [6, 6.07) is 9.12. The Labute approximate surface area is 216 Å². The van der Waals surface area contributed by atoms with Crippen LogP contribution in [0, 0.1) is 18.3 Å². The topological polar surface area (TPSA) is 83.9 Å². The van der Waals surface area contributed by atoms with Crippen LogP contribution in [0.5, 0.6) is 0 Å². The maximum absolute atomic E-state index is 9.74. The first-order valence-electron chi connectivity index (χ1n) is 12.2. The maximum atomic E-state index is 9.74. The number of fused-ring (bicyclic) bond motifs is 1. The van der Waals surface area contributed by atoms with Crippen molar-refractivity contribution in [3.8, 4) is 6.07 Å². The predicted octanol–water partition coefficient (Wildman–Crippen LogP) is 5.64. The zero-order valence-electron chi connectivity index (χ0n) is 21.0. The molecule has 0 bridgehead atoms. The van der Waals surface area contributed by atoms with Crippen molar-refractivity contribution < 1.29 is 0 Å². The van der Waals surface area contributed by atoms with Crippen LogP contribution < -0.4 is 5.32 Å². The second-order valence-electron chi connectivity index (χ2n) is 9.54. The van der Waals surface area contributed by atoms with Crippen molar-refractivity contribution in [2.45, 2.75) is 32.4 Å². The number of rotatable bonds is 7. The van der Waals surface area contributed by atoms with Gasteiger partial charge in [0.15, 0.2) is 0 Å². The second-order valence-corrected chi connectivity index (χ2v) is 10.5. The number of aromatic nitrogens is 3. The van der Waals surface area contributed by atoms with Crippen molar-refractivity contribution >= 4 is 45.8 Å². The van der Waals surface area contributed by atoms with Crippen LogP contribution in [-0.4, -0.2) is 58.0 Å². The van der Waals surface area contributed by atoms with Gasteiger partial charge in [-0.3, -0.25) is 9.88 Å². The quantitative estimate of drug-likeness (QED) is 0.344. The van der Waals surface area contributed by atoms with Crippen molar-refractivity contribution in [3.05, 3.63) is 69.6 Å². The van der Waals surface area contributed by atoms with Crippen molar-refractivity contribution in [1.29, 1.82) is 5.26 Å². The molecule has 7 nitrogen and oxygen atoms in total. The molecule has 0 aliphatic carbocycles. The van der Waals surface area contributed by atoms with E-state index in [0.29, 0.717) is 11.6 Å². The Balaban J connectivity index is 1.32. The Morgan fingerprint density at radius 2 is 2.06 bits per heavy atom. The summed E-state index contributed by atoms with van der Waals surface area (Å²) in [5, 5.41) is 17.6. The fourth-order valence-corrected chi connectivity index (χ4v) is 5.62.